The van der Waals surface area contributed by atoms with Crippen LogP contribution in [0.4, 0.5) is 0 Å². The van der Waals surface area contributed by atoms with Crippen LogP contribution in [0, 0.1) is 11.3 Å². The zero-order valence-electron chi connectivity index (χ0n) is 11.8. The molecular weight excluding hydrogens is 226 g/mol. The maximum absolute atomic E-state index is 11.7. The monoisotopic (exact) mass is 253 g/mol. The molecule has 0 spiro atoms. The van der Waals surface area contributed by atoms with E-state index in [9.17, 15) is 9.90 Å². The van der Waals surface area contributed by atoms with Crippen LogP contribution >= 0.6 is 0 Å². The number of hydrogen-bond donors (Lipinski definition) is 1. The van der Waals surface area contributed by atoms with Gasteiger partial charge in [-0.2, -0.15) is 0 Å². The minimum Gasteiger partial charge on any atom is -0.481 e. The summed E-state index contributed by atoms with van der Waals surface area (Å²) < 4.78 is 0. The molecule has 0 aromatic rings. The molecule has 0 aromatic heterocycles. The van der Waals surface area contributed by atoms with Crippen molar-refractivity contribution in [1.82, 2.24) is 4.90 Å². The van der Waals surface area contributed by atoms with Gasteiger partial charge < -0.3 is 5.11 Å². The summed E-state index contributed by atoms with van der Waals surface area (Å²) in [5, 5.41) is 9.67. The van der Waals surface area contributed by atoms with Gasteiger partial charge >= 0.3 is 5.97 Å². The average Bonchev–Trinajstić information content (AvgIpc) is 2.35. The molecule has 3 nitrogen and oxygen atoms in total. The number of piperidine rings is 1. The summed E-state index contributed by atoms with van der Waals surface area (Å²) in [6.07, 6.45) is 7.65. The zero-order chi connectivity index (χ0) is 13.2. The molecule has 2 aliphatic rings. The predicted molar refractivity (Wildman–Crippen MR) is 72.6 cm³/mol. The lowest BCUT2D eigenvalue weighted by Crippen LogP contribution is -2.49. The number of aliphatic carboxylic acids is 1. The van der Waals surface area contributed by atoms with Gasteiger partial charge in [-0.3, -0.25) is 9.69 Å². The van der Waals surface area contributed by atoms with Crippen molar-refractivity contribution in [2.75, 3.05) is 13.1 Å². The summed E-state index contributed by atoms with van der Waals surface area (Å²) in [6.45, 7) is 6.36. The Balaban J connectivity index is 2.04. The third kappa shape index (κ3) is 2.87. The minimum atomic E-state index is -0.563. The Morgan fingerprint density at radius 2 is 1.89 bits per heavy atom. The van der Waals surface area contributed by atoms with Crippen LogP contribution in [-0.2, 0) is 4.79 Å². The molecule has 2 fully saturated rings. The van der Waals surface area contributed by atoms with Crippen LogP contribution in [0.1, 0.15) is 58.8 Å². The lowest BCUT2D eigenvalue weighted by Gasteiger charge is -2.43. The Labute approximate surface area is 111 Å². The van der Waals surface area contributed by atoms with Gasteiger partial charge in [-0.05, 0) is 57.9 Å². The number of hydrogen-bond acceptors (Lipinski definition) is 2. The molecule has 104 valence electrons. The minimum absolute atomic E-state index is 0.460. The van der Waals surface area contributed by atoms with E-state index < -0.39 is 11.4 Å². The Kier molecular flexibility index (Phi) is 4.31. The molecule has 0 aromatic carbocycles. The molecule has 3 heteroatoms. The maximum atomic E-state index is 11.7. The summed E-state index contributed by atoms with van der Waals surface area (Å²) in [7, 11) is 0. The first-order chi connectivity index (χ1) is 8.53. The van der Waals surface area contributed by atoms with Crippen LogP contribution in [0.15, 0.2) is 0 Å². The molecule has 1 heterocycles. The molecule has 0 amide bonds. The summed E-state index contributed by atoms with van der Waals surface area (Å²) in [5.74, 6) is 0.142. The first-order valence-corrected chi connectivity index (χ1v) is 7.51. The fourth-order valence-electron chi connectivity index (χ4n) is 3.54. The Hall–Kier alpha value is -0.570. The lowest BCUT2D eigenvalue weighted by molar-refractivity contribution is -0.153. The van der Waals surface area contributed by atoms with Gasteiger partial charge in [0.2, 0.25) is 0 Å². The number of carbonyl (C=O) groups is 1. The summed E-state index contributed by atoms with van der Waals surface area (Å²) in [6, 6.07) is 0.564. The van der Waals surface area contributed by atoms with Crippen LogP contribution < -0.4 is 0 Å². The van der Waals surface area contributed by atoms with Gasteiger partial charge in [0.25, 0.3) is 0 Å². The second kappa shape index (κ2) is 5.60. The molecule has 1 N–H and O–H groups in total. The van der Waals surface area contributed by atoms with E-state index in [1.807, 2.05) is 0 Å². The van der Waals surface area contributed by atoms with Crippen LogP contribution in [-0.4, -0.2) is 35.1 Å². The van der Waals surface area contributed by atoms with Gasteiger partial charge in [-0.1, -0.05) is 13.3 Å². The van der Waals surface area contributed by atoms with Crippen LogP contribution in [0.5, 0.6) is 0 Å². The van der Waals surface area contributed by atoms with Crippen molar-refractivity contribution >= 4 is 5.97 Å². The predicted octanol–water partition coefficient (Wildman–Crippen LogP) is 3.14. The fourth-order valence-corrected chi connectivity index (χ4v) is 3.54. The number of carboxylic acids is 1. The first-order valence-electron chi connectivity index (χ1n) is 7.51. The highest BCUT2D eigenvalue weighted by Crippen LogP contribution is 2.40. The van der Waals surface area contributed by atoms with Crippen molar-refractivity contribution in [1.29, 1.82) is 0 Å². The second-order valence-electron chi connectivity index (χ2n) is 6.58. The van der Waals surface area contributed by atoms with Crippen LogP contribution in [0.3, 0.4) is 0 Å². The van der Waals surface area contributed by atoms with Crippen molar-refractivity contribution in [3.63, 3.8) is 0 Å². The van der Waals surface area contributed by atoms with Crippen molar-refractivity contribution in [3.05, 3.63) is 0 Å². The molecule has 0 radical (unpaired) electrons. The van der Waals surface area contributed by atoms with E-state index in [0.717, 1.165) is 38.8 Å². The summed E-state index contributed by atoms with van der Waals surface area (Å²) >= 11 is 0. The average molecular weight is 253 g/mol. The molecule has 18 heavy (non-hydrogen) atoms. The number of rotatable bonds is 3. The Bertz CT molecular complexity index is 295. The molecule has 1 saturated carbocycles. The van der Waals surface area contributed by atoms with Crippen molar-refractivity contribution in [3.8, 4) is 0 Å². The number of carboxylic acid groups (broad SMARTS) is 1. The van der Waals surface area contributed by atoms with Crippen molar-refractivity contribution in [2.24, 2.45) is 11.3 Å². The Morgan fingerprint density at radius 3 is 2.44 bits per heavy atom. The van der Waals surface area contributed by atoms with E-state index in [2.05, 4.69) is 18.7 Å². The Morgan fingerprint density at radius 1 is 1.22 bits per heavy atom. The van der Waals surface area contributed by atoms with E-state index >= 15 is 0 Å². The van der Waals surface area contributed by atoms with E-state index in [1.165, 1.54) is 19.3 Å². The zero-order valence-corrected chi connectivity index (χ0v) is 11.8. The van der Waals surface area contributed by atoms with Gasteiger partial charge in [0.15, 0.2) is 0 Å². The molecule has 2 rings (SSSR count). The van der Waals surface area contributed by atoms with Gasteiger partial charge in [-0.15, -0.1) is 0 Å². The largest absolute Gasteiger partial charge is 0.481 e. The third-order valence-electron chi connectivity index (χ3n) is 5.13. The lowest BCUT2D eigenvalue weighted by atomic mass is 9.70. The normalized spacial score (nSPS) is 38.6. The number of nitrogens with zero attached hydrogens (tertiary/aromatic N) is 1. The molecule has 1 saturated heterocycles. The molecule has 1 unspecified atom stereocenters. The smallest absolute Gasteiger partial charge is 0.310 e. The molecule has 1 aliphatic carbocycles. The summed E-state index contributed by atoms with van der Waals surface area (Å²) in [4.78, 5) is 14.2. The highest BCUT2D eigenvalue weighted by Gasteiger charge is 2.43. The highest BCUT2D eigenvalue weighted by molar-refractivity contribution is 5.75. The summed E-state index contributed by atoms with van der Waals surface area (Å²) in [5.41, 5.74) is -0.460. The molecule has 1 aliphatic heterocycles. The molecule has 0 bridgehead atoms. The fraction of sp³-hybridized carbons (Fsp3) is 0.933. The quantitative estimate of drug-likeness (QED) is 0.840. The number of likely N-dealkylation sites (tertiary alicyclic amines) is 1. The van der Waals surface area contributed by atoms with Gasteiger partial charge in [-0.25, -0.2) is 0 Å². The van der Waals surface area contributed by atoms with Crippen molar-refractivity contribution < 1.29 is 9.90 Å². The maximum Gasteiger partial charge on any atom is 0.310 e. The highest BCUT2D eigenvalue weighted by atomic mass is 16.4. The first kappa shape index (κ1) is 13.9. The van der Waals surface area contributed by atoms with E-state index in [4.69, 9.17) is 0 Å². The van der Waals surface area contributed by atoms with E-state index in [0.29, 0.717) is 12.0 Å². The van der Waals surface area contributed by atoms with E-state index in [-0.39, 0.29) is 0 Å². The standard InChI is InChI=1S/C15H27NO2/c1-12-6-8-15(9-7-12,14(17)18)11-16-10-4-3-5-13(16)2/h12-13H,3-11H2,1-2H3,(H,17,18). The van der Waals surface area contributed by atoms with E-state index in [1.54, 1.807) is 0 Å². The van der Waals surface area contributed by atoms with Gasteiger partial charge in [0.1, 0.15) is 0 Å². The van der Waals surface area contributed by atoms with Gasteiger partial charge in [0, 0.05) is 12.6 Å². The van der Waals surface area contributed by atoms with Crippen LogP contribution in [0.2, 0.25) is 0 Å². The molecular formula is C15H27NO2. The molecule has 1 atom stereocenters. The van der Waals surface area contributed by atoms with Crippen LogP contribution in [0.25, 0.3) is 0 Å². The van der Waals surface area contributed by atoms with Crippen molar-refractivity contribution in [2.45, 2.75) is 64.8 Å². The second-order valence-corrected chi connectivity index (χ2v) is 6.58. The topological polar surface area (TPSA) is 40.5 Å². The SMILES string of the molecule is CC1CCC(CN2CCCCC2C)(C(=O)O)CC1. The van der Waals surface area contributed by atoms with Gasteiger partial charge in [0.05, 0.1) is 5.41 Å². The third-order valence-corrected chi connectivity index (χ3v) is 5.13.